The second-order valence-corrected chi connectivity index (χ2v) is 12.6. The zero-order valence-corrected chi connectivity index (χ0v) is 23.4. The molecule has 1 aliphatic rings. The molecule has 0 radical (unpaired) electrons. The minimum absolute atomic E-state index is 0.0547. The van der Waals surface area contributed by atoms with Gasteiger partial charge >= 0.3 is 0 Å². The van der Waals surface area contributed by atoms with Crippen molar-refractivity contribution in [3.05, 3.63) is 86.5 Å². The number of carbonyl (C=O) groups is 1. The van der Waals surface area contributed by atoms with Crippen LogP contribution in [0.3, 0.4) is 0 Å². The summed E-state index contributed by atoms with van der Waals surface area (Å²) in [5.41, 5.74) is 3.05. The van der Waals surface area contributed by atoms with Crippen molar-refractivity contribution in [3.63, 3.8) is 0 Å². The average Bonchev–Trinajstić information content (AvgIpc) is 3.55. The molecule has 39 heavy (non-hydrogen) atoms. The lowest BCUT2D eigenvalue weighted by Gasteiger charge is -2.33. The van der Waals surface area contributed by atoms with Gasteiger partial charge in [0.2, 0.25) is 0 Å². The van der Waals surface area contributed by atoms with Gasteiger partial charge in [0, 0.05) is 22.8 Å². The van der Waals surface area contributed by atoms with E-state index in [4.69, 9.17) is 4.99 Å². The van der Waals surface area contributed by atoms with Gasteiger partial charge in [-0.25, -0.2) is 9.98 Å². The van der Waals surface area contributed by atoms with Crippen LogP contribution < -0.4 is 5.32 Å². The van der Waals surface area contributed by atoms with Gasteiger partial charge in [-0.15, -0.1) is 11.3 Å². The summed E-state index contributed by atoms with van der Waals surface area (Å²) in [5, 5.41) is 22.4. The highest BCUT2D eigenvalue weighted by atomic mass is 32.2. The third-order valence-electron chi connectivity index (χ3n) is 6.84. The highest BCUT2D eigenvalue weighted by Gasteiger charge is 2.33. The van der Waals surface area contributed by atoms with Gasteiger partial charge in [-0.2, -0.15) is 5.10 Å². The van der Waals surface area contributed by atoms with Crippen molar-refractivity contribution in [2.45, 2.75) is 50.1 Å². The number of fused-ring (bicyclic) bond motifs is 1. The predicted molar refractivity (Wildman–Crippen MR) is 155 cm³/mol. The molecule has 0 bridgehead atoms. The van der Waals surface area contributed by atoms with Gasteiger partial charge in [-0.3, -0.25) is 20.0 Å². The van der Waals surface area contributed by atoms with E-state index in [-0.39, 0.29) is 17.0 Å². The third kappa shape index (κ3) is 6.10. The maximum Gasteiger partial charge on any atom is 0.283 e. The Morgan fingerprint density at radius 2 is 2.05 bits per heavy atom. The maximum atomic E-state index is 13.5. The Morgan fingerprint density at radius 3 is 2.74 bits per heavy atom. The topological polar surface area (TPSA) is 126 Å². The van der Waals surface area contributed by atoms with E-state index in [2.05, 4.69) is 41.3 Å². The number of amides is 1. The lowest BCUT2D eigenvalue weighted by molar-refractivity contribution is -0.387. The number of aromatic amines is 1. The van der Waals surface area contributed by atoms with Crippen molar-refractivity contribution >= 4 is 51.6 Å². The van der Waals surface area contributed by atoms with Gasteiger partial charge in [0.25, 0.3) is 11.6 Å². The first-order valence-electron chi connectivity index (χ1n) is 12.6. The second kappa shape index (κ2) is 11.1. The smallest absolute Gasteiger partial charge is 0.283 e. The average molecular weight is 561 g/mol. The van der Waals surface area contributed by atoms with Crippen molar-refractivity contribution in [2.24, 2.45) is 16.3 Å². The van der Waals surface area contributed by atoms with Crippen LogP contribution in [0, 0.1) is 21.4 Å². The van der Waals surface area contributed by atoms with E-state index in [0.717, 1.165) is 42.3 Å². The first-order chi connectivity index (χ1) is 18.7. The number of nitro benzene ring substituents is 1. The summed E-state index contributed by atoms with van der Waals surface area (Å²) in [6, 6.07) is 14.3. The summed E-state index contributed by atoms with van der Waals surface area (Å²) in [6.45, 7) is 6.78. The highest BCUT2D eigenvalue weighted by molar-refractivity contribution is 7.99. The molecule has 0 saturated carbocycles. The number of hydrogen-bond donors (Lipinski definition) is 2. The van der Waals surface area contributed by atoms with Crippen molar-refractivity contribution in [1.82, 2.24) is 15.2 Å². The van der Waals surface area contributed by atoms with Gasteiger partial charge in [0.15, 0.2) is 5.16 Å². The van der Waals surface area contributed by atoms with E-state index in [9.17, 15) is 14.9 Å². The number of H-pyrrole nitrogens is 1. The molecular formula is C28H28N6O3S2. The number of nitrogens with one attached hydrogen (secondary N) is 2. The number of thiophene rings is 1. The van der Waals surface area contributed by atoms with Crippen LogP contribution in [0.2, 0.25) is 0 Å². The van der Waals surface area contributed by atoms with Crippen LogP contribution in [0.5, 0.6) is 0 Å². The molecule has 2 aromatic carbocycles. The van der Waals surface area contributed by atoms with Crippen LogP contribution in [-0.2, 0) is 12.8 Å². The van der Waals surface area contributed by atoms with Crippen LogP contribution in [0.1, 0.15) is 53.6 Å². The van der Waals surface area contributed by atoms with Crippen LogP contribution >= 0.6 is 23.1 Å². The molecular weight excluding hydrogens is 532 g/mol. The van der Waals surface area contributed by atoms with E-state index in [0.29, 0.717) is 32.1 Å². The Kier molecular flexibility index (Phi) is 7.62. The quantitative estimate of drug-likeness (QED) is 0.141. The summed E-state index contributed by atoms with van der Waals surface area (Å²) in [6.07, 6.45) is 5.68. The molecule has 0 spiro atoms. The standard InChI is InChI=1S/C28H28N6O3S2/c1-28(2,3)18-10-11-20-23(14-18)38-26(24(20)25(35)32-19-7-5-4-6-8-19)29-15-17-9-12-22(21(13-17)34(36)37)39-27-30-16-31-33-27/h4-9,12-13,15-16,18H,10-11,14H2,1-3H3,(H,32,35)(H,30,31,33)/t18-/m0/s1. The van der Waals surface area contributed by atoms with Crippen molar-refractivity contribution in [3.8, 4) is 0 Å². The number of rotatable bonds is 7. The Labute approximate surface area is 234 Å². The summed E-state index contributed by atoms with van der Waals surface area (Å²) >= 11 is 2.67. The summed E-state index contributed by atoms with van der Waals surface area (Å²) in [4.78, 5) is 35.3. The molecule has 2 heterocycles. The monoisotopic (exact) mass is 560 g/mol. The fourth-order valence-electron chi connectivity index (χ4n) is 4.68. The zero-order chi connectivity index (χ0) is 27.6. The molecule has 1 atom stereocenters. The molecule has 1 aliphatic carbocycles. The fraction of sp³-hybridized carbons (Fsp3) is 0.286. The van der Waals surface area contributed by atoms with Crippen molar-refractivity contribution in [1.29, 1.82) is 0 Å². The number of hydrogen-bond acceptors (Lipinski definition) is 8. The molecule has 11 heteroatoms. The van der Waals surface area contributed by atoms with Crippen molar-refractivity contribution < 1.29 is 9.72 Å². The number of aliphatic imine (C=N–C) groups is 1. The molecule has 4 aromatic rings. The van der Waals surface area contributed by atoms with E-state index in [1.165, 1.54) is 17.3 Å². The molecule has 0 aliphatic heterocycles. The molecule has 2 aromatic heterocycles. The summed E-state index contributed by atoms with van der Waals surface area (Å²) in [7, 11) is 0. The third-order valence-corrected chi connectivity index (χ3v) is 8.96. The Hall–Kier alpha value is -3.83. The minimum atomic E-state index is -0.425. The Balaban J connectivity index is 1.48. The van der Waals surface area contributed by atoms with Gasteiger partial charge in [-0.05, 0) is 71.7 Å². The van der Waals surface area contributed by atoms with Crippen molar-refractivity contribution in [2.75, 3.05) is 5.32 Å². The molecule has 200 valence electrons. The largest absolute Gasteiger partial charge is 0.322 e. The molecule has 9 nitrogen and oxygen atoms in total. The Morgan fingerprint density at radius 1 is 1.26 bits per heavy atom. The van der Waals surface area contributed by atoms with Crippen LogP contribution in [-0.4, -0.2) is 32.2 Å². The molecule has 2 N–H and O–H groups in total. The van der Waals surface area contributed by atoms with Gasteiger partial charge in [0.1, 0.15) is 11.3 Å². The minimum Gasteiger partial charge on any atom is -0.322 e. The first-order valence-corrected chi connectivity index (χ1v) is 14.2. The predicted octanol–water partition coefficient (Wildman–Crippen LogP) is 7.08. The van der Waals surface area contributed by atoms with E-state index in [1.54, 1.807) is 29.7 Å². The molecule has 0 unspecified atom stereocenters. The van der Waals surface area contributed by atoms with E-state index >= 15 is 0 Å². The highest BCUT2D eigenvalue weighted by Crippen LogP contribution is 2.45. The number of anilines is 1. The Bertz CT molecular complexity index is 1520. The second-order valence-electron chi connectivity index (χ2n) is 10.4. The summed E-state index contributed by atoms with van der Waals surface area (Å²) < 4.78 is 0. The first kappa shape index (κ1) is 26.8. The number of carbonyl (C=O) groups excluding carboxylic acids is 1. The van der Waals surface area contributed by atoms with Gasteiger partial charge in [-0.1, -0.05) is 45.0 Å². The van der Waals surface area contributed by atoms with E-state index < -0.39 is 4.92 Å². The molecule has 1 amide bonds. The van der Waals surface area contributed by atoms with Crippen LogP contribution in [0.25, 0.3) is 0 Å². The molecule has 0 saturated heterocycles. The zero-order valence-electron chi connectivity index (χ0n) is 21.8. The van der Waals surface area contributed by atoms with Gasteiger partial charge < -0.3 is 5.32 Å². The molecule has 5 rings (SSSR count). The number of nitrogens with zero attached hydrogens (tertiary/aromatic N) is 4. The number of nitro groups is 1. The number of benzene rings is 2. The van der Waals surface area contributed by atoms with Crippen LogP contribution in [0.4, 0.5) is 16.4 Å². The van der Waals surface area contributed by atoms with E-state index in [1.807, 2.05) is 30.3 Å². The lowest BCUT2D eigenvalue weighted by atomic mass is 9.72. The van der Waals surface area contributed by atoms with Gasteiger partial charge in [0.05, 0.1) is 15.4 Å². The lowest BCUT2D eigenvalue weighted by Crippen LogP contribution is -2.27. The number of aromatic nitrogens is 3. The van der Waals surface area contributed by atoms with Crippen LogP contribution in [0.15, 0.2) is 69.9 Å². The molecule has 0 fully saturated rings. The SMILES string of the molecule is CC(C)(C)[C@H]1CCc2c(sc(N=Cc3ccc(Sc4ncn[nH]4)c([N+](=O)[O-])c3)c2C(=O)Nc2ccccc2)C1. The normalized spacial score (nSPS) is 15.3. The number of para-hydroxylation sites is 1. The maximum absolute atomic E-state index is 13.5. The fourth-order valence-corrected chi connectivity index (χ4v) is 6.72. The summed E-state index contributed by atoms with van der Waals surface area (Å²) in [5.74, 6) is 0.326.